The van der Waals surface area contributed by atoms with E-state index < -0.39 is 0 Å². The average molecular weight is 350 g/mol. The van der Waals surface area contributed by atoms with Gasteiger partial charge in [0.25, 0.3) is 5.91 Å². The molecule has 0 saturated heterocycles. The molecule has 0 fully saturated rings. The Morgan fingerprint density at radius 1 is 1.04 bits per heavy atom. The van der Waals surface area contributed by atoms with Crippen LogP contribution >= 0.6 is 11.6 Å². The molecule has 0 saturated carbocycles. The molecule has 0 atom stereocenters. The molecular weight excluding hydrogens is 330 g/mol. The van der Waals surface area contributed by atoms with E-state index in [2.05, 4.69) is 5.32 Å². The zero-order valence-corrected chi connectivity index (χ0v) is 14.9. The van der Waals surface area contributed by atoms with E-state index in [4.69, 9.17) is 25.8 Å². The highest BCUT2D eigenvalue weighted by Crippen LogP contribution is 2.29. The maximum Gasteiger partial charge on any atom is 0.259 e. The summed E-state index contributed by atoms with van der Waals surface area (Å²) >= 11 is 6.15. The summed E-state index contributed by atoms with van der Waals surface area (Å²) in [7, 11) is 4.59. The quantitative estimate of drug-likeness (QED) is 0.865. The Kier molecular flexibility index (Phi) is 5.93. The Labute approximate surface area is 146 Å². The Morgan fingerprint density at radius 2 is 1.62 bits per heavy atom. The Balaban J connectivity index is 2.22. The number of hydrogen-bond donors (Lipinski definition) is 1. The molecule has 2 aromatic rings. The summed E-state index contributed by atoms with van der Waals surface area (Å²) in [5.74, 6) is 1.24. The summed E-state index contributed by atoms with van der Waals surface area (Å²) in [6, 6.07) is 8.82. The molecule has 0 heterocycles. The van der Waals surface area contributed by atoms with Crippen molar-refractivity contribution in [2.24, 2.45) is 0 Å². The molecule has 0 aromatic heterocycles. The number of aryl methyl sites for hydroxylation is 1. The van der Waals surface area contributed by atoms with Crippen LogP contribution < -0.4 is 19.5 Å². The van der Waals surface area contributed by atoms with Gasteiger partial charge >= 0.3 is 0 Å². The molecule has 0 radical (unpaired) electrons. The third kappa shape index (κ3) is 3.74. The molecule has 2 aromatic carbocycles. The average Bonchev–Trinajstić information content (AvgIpc) is 2.60. The number of benzene rings is 2. The minimum atomic E-state index is -0.282. The predicted molar refractivity (Wildman–Crippen MR) is 93.5 cm³/mol. The molecule has 0 bridgehead atoms. The second kappa shape index (κ2) is 7.93. The fourth-order valence-corrected chi connectivity index (χ4v) is 2.65. The number of hydrogen-bond acceptors (Lipinski definition) is 4. The standard InChI is InChI=1S/C18H20ClNO4/c1-11-8-16(24-4)13(19)9-12(11)10-20-18(21)17-14(22-2)6-5-7-15(17)23-3/h5-9H,10H2,1-4H3,(H,20,21). The van der Waals surface area contributed by atoms with Gasteiger partial charge in [0.1, 0.15) is 22.8 Å². The lowest BCUT2D eigenvalue weighted by molar-refractivity contribution is 0.0944. The van der Waals surface area contributed by atoms with Gasteiger partial charge in [0.05, 0.1) is 26.4 Å². The van der Waals surface area contributed by atoms with E-state index in [9.17, 15) is 4.79 Å². The van der Waals surface area contributed by atoms with Crippen LogP contribution in [0.25, 0.3) is 0 Å². The Bertz CT molecular complexity index is 724. The third-order valence-corrected chi connectivity index (χ3v) is 4.00. The number of rotatable bonds is 6. The second-order valence-corrected chi connectivity index (χ2v) is 5.54. The molecule has 24 heavy (non-hydrogen) atoms. The summed E-state index contributed by atoms with van der Waals surface area (Å²) in [5.41, 5.74) is 2.24. The van der Waals surface area contributed by atoms with Crippen LogP contribution in [-0.2, 0) is 6.54 Å². The number of nitrogens with one attached hydrogen (secondary N) is 1. The highest BCUT2D eigenvalue weighted by molar-refractivity contribution is 6.32. The SMILES string of the molecule is COc1cc(C)c(CNC(=O)c2c(OC)cccc2OC)cc1Cl. The number of methoxy groups -OCH3 is 3. The van der Waals surface area contributed by atoms with Gasteiger partial charge in [-0.1, -0.05) is 17.7 Å². The normalized spacial score (nSPS) is 10.2. The molecule has 0 aliphatic carbocycles. The first kappa shape index (κ1) is 17.9. The Morgan fingerprint density at radius 3 is 2.17 bits per heavy atom. The predicted octanol–water partition coefficient (Wildman–Crippen LogP) is 3.60. The first-order valence-electron chi connectivity index (χ1n) is 7.34. The lowest BCUT2D eigenvalue weighted by atomic mass is 10.1. The Hall–Kier alpha value is -2.40. The van der Waals surface area contributed by atoms with Gasteiger partial charge in [-0.05, 0) is 42.3 Å². The van der Waals surface area contributed by atoms with Crippen molar-refractivity contribution in [3.8, 4) is 17.2 Å². The van der Waals surface area contributed by atoms with Gasteiger partial charge in [0, 0.05) is 6.54 Å². The van der Waals surface area contributed by atoms with E-state index in [-0.39, 0.29) is 5.91 Å². The van der Waals surface area contributed by atoms with Crippen LogP contribution in [0.2, 0.25) is 5.02 Å². The number of halogens is 1. The van der Waals surface area contributed by atoms with Crippen LogP contribution in [0.4, 0.5) is 0 Å². The first-order valence-corrected chi connectivity index (χ1v) is 7.71. The third-order valence-electron chi connectivity index (χ3n) is 3.70. The van der Waals surface area contributed by atoms with Crippen molar-refractivity contribution in [2.45, 2.75) is 13.5 Å². The van der Waals surface area contributed by atoms with E-state index in [1.165, 1.54) is 14.2 Å². The van der Waals surface area contributed by atoms with Gasteiger partial charge in [-0.15, -0.1) is 0 Å². The number of amides is 1. The van der Waals surface area contributed by atoms with E-state index >= 15 is 0 Å². The van der Waals surface area contributed by atoms with E-state index in [1.807, 2.05) is 13.0 Å². The summed E-state index contributed by atoms with van der Waals surface area (Å²) in [6.07, 6.45) is 0. The zero-order valence-electron chi connectivity index (χ0n) is 14.1. The molecule has 0 spiro atoms. The van der Waals surface area contributed by atoms with Gasteiger partial charge in [-0.2, -0.15) is 0 Å². The second-order valence-electron chi connectivity index (χ2n) is 5.13. The van der Waals surface area contributed by atoms with Crippen molar-refractivity contribution in [1.82, 2.24) is 5.32 Å². The van der Waals surface area contributed by atoms with Gasteiger partial charge in [0.2, 0.25) is 0 Å². The molecule has 6 heteroatoms. The number of ether oxygens (including phenoxy) is 3. The lowest BCUT2D eigenvalue weighted by Crippen LogP contribution is -2.24. The maximum atomic E-state index is 12.6. The summed E-state index contributed by atoms with van der Waals surface area (Å²) in [4.78, 5) is 12.6. The fourth-order valence-electron chi connectivity index (χ4n) is 2.38. The van der Waals surface area contributed by atoms with Crippen molar-refractivity contribution >= 4 is 17.5 Å². The highest BCUT2D eigenvalue weighted by Gasteiger charge is 2.18. The van der Waals surface area contributed by atoms with E-state index in [0.29, 0.717) is 34.4 Å². The molecular formula is C18H20ClNO4. The van der Waals surface area contributed by atoms with Gasteiger partial charge in [0.15, 0.2) is 0 Å². The molecule has 128 valence electrons. The van der Waals surface area contributed by atoms with Crippen LogP contribution in [0.5, 0.6) is 17.2 Å². The first-order chi connectivity index (χ1) is 11.5. The van der Waals surface area contributed by atoms with Crippen molar-refractivity contribution in [3.05, 3.63) is 52.0 Å². The minimum absolute atomic E-state index is 0.282. The summed E-state index contributed by atoms with van der Waals surface area (Å²) < 4.78 is 15.7. The summed E-state index contributed by atoms with van der Waals surface area (Å²) in [5, 5.41) is 3.37. The van der Waals surface area contributed by atoms with Crippen LogP contribution in [0.3, 0.4) is 0 Å². The summed E-state index contributed by atoms with van der Waals surface area (Å²) in [6.45, 7) is 2.26. The van der Waals surface area contributed by atoms with Crippen LogP contribution in [0.15, 0.2) is 30.3 Å². The van der Waals surface area contributed by atoms with Crippen molar-refractivity contribution in [1.29, 1.82) is 0 Å². The highest BCUT2D eigenvalue weighted by atomic mass is 35.5. The van der Waals surface area contributed by atoms with Crippen molar-refractivity contribution in [2.75, 3.05) is 21.3 Å². The monoisotopic (exact) mass is 349 g/mol. The fraction of sp³-hybridized carbons (Fsp3) is 0.278. The molecule has 1 amide bonds. The van der Waals surface area contributed by atoms with Crippen molar-refractivity contribution < 1.29 is 19.0 Å². The zero-order chi connectivity index (χ0) is 17.7. The lowest BCUT2D eigenvalue weighted by Gasteiger charge is -2.14. The minimum Gasteiger partial charge on any atom is -0.496 e. The maximum absolute atomic E-state index is 12.6. The largest absolute Gasteiger partial charge is 0.496 e. The van der Waals surface area contributed by atoms with E-state index in [0.717, 1.165) is 11.1 Å². The molecule has 1 N–H and O–H groups in total. The smallest absolute Gasteiger partial charge is 0.259 e. The molecule has 5 nitrogen and oxygen atoms in total. The van der Waals surface area contributed by atoms with Crippen LogP contribution in [-0.4, -0.2) is 27.2 Å². The number of carbonyl (C=O) groups excluding carboxylic acids is 1. The van der Waals surface area contributed by atoms with Gasteiger partial charge < -0.3 is 19.5 Å². The van der Waals surface area contributed by atoms with Crippen LogP contribution in [0, 0.1) is 6.92 Å². The molecule has 0 aliphatic heterocycles. The molecule has 2 rings (SSSR count). The van der Waals surface area contributed by atoms with Crippen molar-refractivity contribution in [3.63, 3.8) is 0 Å². The van der Waals surface area contributed by atoms with Gasteiger partial charge in [-0.3, -0.25) is 4.79 Å². The molecule has 0 aliphatic rings. The van der Waals surface area contributed by atoms with Crippen LogP contribution in [0.1, 0.15) is 21.5 Å². The molecule has 0 unspecified atom stereocenters. The topological polar surface area (TPSA) is 56.8 Å². The van der Waals surface area contributed by atoms with E-state index in [1.54, 1.807) is 31.4 Å². The van der Waals surface area contributed by atoms with Gasteiger partial charge in [-0.25, -0.2) is 0 Å². The number of carbonyl (C=O) groups is 1.